The number of aryl methyl sites for hydroxylation is 2. The van der Waals surface area contributed by atoms with Gasteiger partial charge in [0.25, 0.3) is 0 Å². The van der Waals surface area contributed by atoms with Gasteiger partial charge in [0.2, 0.25) is 0 Å². The zero-order chi connectivity index (χ0) is 18.2. The summed E-state index contributed by atoms with van der Waals surface area (Å²) in [5.41, 5.74) is 5.23. The van der Waals surface area contributed by atoms with Gasteiger partial charge in [-0.2, -0.15) is 5.10 Å². The Labute approximate surface area is 153 Å². The molecule has 0 amide bonds. The van der Waals surface area contributed by atoms with E-state index >= 15 is 0 Å². The minimum Gasteiger partial charge on any atom is -0.396 e. The maximum atomic E-state index is 9.08. The predicted octanol–water partition coefficient (Wildman–Crippen LogP) is 1.99. The summed E-state index contributed by atoms with van der Waals surface area (Å²) in [4.78, 5) is 11.3. The number of hydrogen-bond donors (Lipinski definition) is 2. The van der Waals surface area contributed by atoms with E-state index in [2.05, 4.69) is 44.5 Å². The molecule has 0 saturated carbocycles. The van der Waals surface area contributed by atoms with E-state index in [-0.39, 0.29) is 6.61 Å². The highest BCUT2D eigenvalue weighted by molar-refractivity contribution is 5.80. The lowest BCUT2D eigenvalue weighted by Crippen LogP contribution is -2.37. The molecule has 2 heterocycles. The van der Waals surface area contributed by atoms with Gasteiger partial charge in [-0.1, -0.05) is 29.8 Å². The first-order valence-electron chi connectivity index (χ1n) is 8.92. The summed E-state index contributed by atoms with van der Waals surface area (Å²) in [6.45, 7) is 5.19. The molecule has 3 rings (SSSR count). The minimum absolute atomic E-state index is 0.124. The summed E-state index contributed by atoms with van der Waals surface area (Å²) in [5, 5.41) is 13.4. The summed E-state index contributed by atoms with van der Waals surface area (Å²) in [6.07, 6.45) is 3.04. The molecule has 1 saturated heterocycles. The van der Waals surface area contributed by atoms with E-state index in [0.717, 1.165) is 24.5 Å². The van der Waals surface area contributed by atoms with Crippen molar-refractivity contribution in [3.63, 3.8) is 0 Å². The van der Waals surface area contributed by atoms with Gasteiger partial charge < -0.3 is 14.7 Å². The van der Waals surface area contributed by atoms with E-state index in [1.54, 1.807) is 6.21 Å². The molecular weight excluding hydrogens is 330 g/mol. The van der Waals surface area contributed by atoms with Crippen molar-refractivity contribution >= 4 is 17.9 Å². The molecule has 26 heavy (non-hydrogen) atoms. The van der Waals surface area contributed by atoms with Crippen LogP contribution in [0, 0.1) is 6.92 Å². The Morgan fingerprint density at radius 3 is 2.88 bits per heavy atom. The molecule has 2 aromatic rings. The predicted molar refractivity (Wildman–Crippen MR) is 103 cm³/mol. The molecule has 0 bridgehead atoms. The van der Waals surface area contributed by atoms with Crippen LogP contribution >= 0.6 is 0 Å². The summed E-state index contributed by atoms with van der Waals surface area (Å²) >= 11 is 0. The highest BCUT2D eigenvalue weighted by Crippen LogP contribution is 2.18. The number of rotatable bonds is 7. The molecule has 0 aliphatic carbocycles. The summed E-state index contributed by atoms with van der Waals surface area (Å²) in [5.74, 6) is 2.22. The van der Waals surface area contributed by atoms with Crippen molar-refractivity contribution in [1.29, 1.82) is 0 Å². The van der Waals surface area contributed by atoms with Crippen molar-refractivity contribution in [3.8, 4) is 0 Å². The number of nitrogens with zero attached hydrogens (tertiary/aromatic N) is 4. The van der Waals surface area contributed by atoms with E-state index in [1.807, 2.05) is 18.2 Å². The van der Waals surface area contributed by atoms with E-state index < -0.39 is 0 Å². The smallest absolute Gasteiger partial charge is 0.152 e. The Morgan fingerprint density at radius 2 is 2.12 bits per heavy atom. The van der Waals surface area contributed by atoms with E-state index in [0.29, 0.717) is 37.7 Å². The van der Waals surface area contributed by atoms with E-state index in [1.165, 1.54) is 5.56 Å². The van der Waals surface area contributed by atoms with Gasteiger partial charge in [0.15, 0.2) is 5.82 Å². The second-order valence-electron chi connectivity index (χ2n) is 6.24. The van der Waals surface area contributed by atoms with Crippen LogP contribution in [-0.2, 0) is 11.2 Å². The van der Waals surface area contributed by atoms with Crippen molar-refractivity contribution in [2.45, 2.75) is 19.8 Å². The SMILES string of the molecule is Cc1cccc(C=NNc2cc(N3CCOCC3)nc(CCCO)n2)c1. The average Bonchev–Trinajstić information content (AvgIpc) is 2.67. The molecule has 0 atom stereocenters. The van der Waals surface area contributed by atoms with Gasteiger partial charge in [-0.15, -0.1) is 0 Å². The Bertz CT molecular complexity index is 744. The number of aromatic nitrogens is 2. The second kappa shape index (κ2) is 9.26. The van der Waals surface area contributed by atoms with Gasteiger partial charge in [0.1, 0.15) is 11.6 Å². The largest absolute Gasteiger partial charge is 0.396 e. The van der Waals surface area contributed by atoms with Crippen molar-refractivity contribution in [2.24, 2.45) is 5.10 Å². The number of hydrazone groups is 1. The molecule has 1 fully saturated rings. The third-order valence-corrected chi connectivity index (χ3v) is 4.09. The Morgan fingerprint density at radius 1 is 1.27 bits per heavy atom. The molecule has 1 aromatic heterocycles. The van der Waals surface area contributed by atoms with Gasteiger partial charge in [-0.05, 0) is 18.9 Å². The third-order valence-electron chi connectivity index (χ3n) is 4.09. The molecule has 0 spiro atoms. The first-order chi connectivity index (χ1) is 12.7. The topological polar surface area (TPSA) is 82.9 Å². The number of morpholine rings is 1. The molecule has 1 aliphatic rings. The van der Waals surface area contributed by atoms with Crippen LogP contribution in [0.5, 0.6) is 0 Å². The van der Waals surface area contributed by atoms with Crippen LogP contribution in [-0.4, -0.2) is 54.2 Å². The van der Waals surface area contributed by atoms with Gasteiger partial charge in [-0.25, -0.2) is 9.97 Å². The number of hydrogen-bond acceptors (Lipinski definition) is 7. The quantitative estimate of drug-likeness (QED) is 0.584. The summed E-state index contributed by atoms with van der Waals surface area (Å²) < 4.78 is 5.41. The van der Waals surface area contributed by atoms with Crippen LogP contribution in [0.25, 0.3) is 0 Å². The van der Waals surface area contributed by atoms with E-state index in [4.69, 9.17) is 9.84 Å². The van der Waals surface area contributed by atoms with Crippen LogP contribution in [0.1, 0.15) is 23.4 Å². The normalized spacial score (nSPS) is 14.8. The molecular formula is C19H25N5O2. The summed E-state index contributed by atoms with van der Waals surface area (Å²) in [6, 6.07) is 10.0. The Kier molecular flexibility index (Phi) is 6.51. The molecule has 2 N–H and O–H groups in total. The zero-order valence-corrected chi connectivity index (χ0v) is 15.1. The number of nitrogens with one attached hydrogen (secondary N) is 1. The molecule has 1 aromatic carbocycles. The van der Waals surface area contributed by atoms with Gasteiger partial charge in [0, 0.05) is 32.2 Å². The van der Waals surface area contributed by atoms with E-state index in [9.17, 15) is 0 Å². The maximum Gasteiger partial charge on any atom is 0.152 e. The monoisotopic (exact) mass is 355 g/mol. The third kappa shape index (κ3) is 5.24. The minimum atomic E-state index is 0.124. The number of aliphatic hydroxyl groups excluding tert-OH is 1. The second-order valence-corrected chi connectivity index (χ2v) is 6.24. The average molecular weight is 355 g/mol. The fraction of sp³-hybridized carbons (Fsp3) is 0.421. The maximum absolute atomic E-state index is 9.08. The molecule has 0 radical (unpaired) electrons. The van der Waals surface area contributed by atoms with Crippen molar-refractivity contribution in [1.82, 2.24) is 9.97 Å². The number of anilines is 2. The molecule has 7 heteroatoms. The van der Waals surface area contributed by atoms with Gasteiger partial charge in [0.05, 0.1) is 19.4 Å². The van der Waals surface area contributed by atoms with Crippen LogP contribution in [0.4, 0.5) is 11.6 Å². The van der Waals surface area contributed by atoms with Crippen molar-refractivity contribution < 1.29 is 9.84 Å². The zero-order valence-electron chi connectivity index (χ0n) is 15.1. The van der Waals surface area contributed by atoms with Gasteiger partial charge in [-0.3, -0.25) is 5.43 Å². The summed E-state index contributed by atoms with van der Waals surface area (Å²) in [7, 11) is 0. The van der Waals surface area contributed by atoms with Crippen molar-refractivity contribution in [3.05, 3.63) is 47.3 Å². The van der Waals surface area contributed by atoms with Crippen LogP contribution in [0.15, 0.2) is 35.4 Å². The first kappa shape index (κ1) is 18.3. The lowest BCUT2D eigenvalue weighted by atomic mass is 10.2. The van der Waals surface area contributed by atoms with Gasteiger partial charge >= 0.3 is 0 Å². The molecule has 1 aliphatic heterocycles. The standard InChI is InChI=1S/C19H25N5O2/c1-15-4-2-5-16(12-15)14-20-23-18-13-19(24-7-10-26-11-8-24)22-17(21-18)6-3-9-25/h2,4-5,12-14,25H,3,6-11H2,1H3,(H,21,22,23). The van der Waals surface area contributed by atoms with Crippen LogP contribution in [0.3, 0.4) is 0 Å². The Balaban J connectivity index is 1.75. The van der Waals surface area contributed by atoms with Crippen LogP contribution < -0.4 is 10.3 Å². The molecule has 0 unspecified atom stereocenters. The lowest BCUT2D eigenvalue weighted by Gasteiger charge is -2.28. The number of aliphatic hydroxyl groups is 1. The fourth-order valence-corrected chi connectivity index (χ4v) is 2.77. The first-order valence-corrected chi connectivity index (χ1v) is 8.92. The van der Waals surface area contributed by atoms with Crippen LogP contribution in [0.2, 0.25) is 0 Å². The number of benzene rings is 1. The highest BCUT2D eigenvalue weighted by atomic mass is 16.5. The van der Waals surface area contributed by atoms with Crippen molar-refractivity contribution in [2.75, 3.05) is 43.2 Å². The Hall–Kier alpha value is -2.51. The molecule has 138 valence electrons. The highest BCUT2D eigenvalue weighted by Gasteiger charge is 2.14. The molecule has 7 nitrogen and oxygen atoms in total. The lowest BCUT2D eigenvalue weighted by molar-refractivity contribution is 0.122. The fourth-order valence-electron chi connectivity index (χ4n) is 2.77. The number of ether oxygens (including phenoxy) is 1.